The molecule has 0 saturated carbocycles. The molecule has 2 aliphatic heterocycles. The topological polar surface area (TPSA) is 50.8 Å². The Hall–Kier alpha value is -2.53. The first-order valence-corrected chi connectivity index (χ1v) is 8.28. The lowest BCUT2D eigenvalue weighted by Crippen LogP contribution is -2.37. The molecular formula is C19H20N2O3. The van der Waals surface area contributed by atoms with Gasteiger partial charge in [0.2, 0.25) is 0 Å². The molecule has 2 heterocycles. The summed E-state index contributed by atoms with van der Waals surface area (Å²) in [6.45, 7) is 3.09. The second kappa shape index (κ2) is 6.53. The molecule has 5 nitrogen and oxygen atoms in total. The molecule has 1 atom stereocenters. The van der Waals surface area contributed by atoms with Crippen molar-refractivity contribution in [3.8, 4) is 5.75 Å². The number of para-hydroxylation sites is 3. The van der Waals surface area contributed by atoms with E-state index in [9.17, 15) is 4.79 Å². The number of morpholine rings is 1. The highest BCUT2D eigenvalue weighted by Gasteiger charge is 2.29. The number of rotatable bonds is 3. The molecule has 0 radical (unpaired) electrons. The third-order valence-corrected chi connectivity index (χ3v) is 4.45. The van der Waals surface area contributed by atoms with Gasteiger partial charge in [-0.2, -0.15) is 0 Å². The molecule has 2 aromatic carbocycles. The van der Waals surface area contributed by atoms with E-state index < -0.39 is 6.10 Å². The molecule has 0 bridgehead atoms. The van der Waals surface area contributed by atoms with Gasteiger partial charge in [0.1, 0.15) is 5.75 Å². The van der Waals surface area contributed by atoms with E-state index in [4.69, 9.17) is 9.47 Å². The number of fused-ring (bicyclic) bond motifs is 1. The SMILES string of the molecule is O=C(Nc1ccccc1N1CCOCC1)[C@H]1Cc2ccccc2O1. The van der Waals surface area contributed by atoms with E-state index in [2.05, 4.69) is 10.2 Å². The zero-order valence-corrected chi connectivity index (χ0v) is 13.4. The molecule has 1 saturated heterocycles. The predicted octanol–water partition coefficient (Wildman–Crippen LogP) is 2.47. The molecule has 124 valence electrons. The smallest absolute Gasteiger partial charge is 0.265 e. The van der Waals surface area contributed by atoms with Crippen molar-refractivity contribution < 1.29 is 14.3 Å². The Bertz CT molecular complexity index is 716. The van der Waals surface area contributed by atoms with Crippen LogP contribution in [-0.2, 0) is 16.0 Å². The van der Waals surface area contributed by atoms with Crippen LogP contribution in [-0.4, -0.2) is 38.3 Å². The largest absolute Gasteiger partial charge is 0.480 e. The zero-order valence-electron chi connectivity index (χ0n) is 13.4. The highest BCUT2D eigenvalue weighted by atomic mass is 16.5. The molecule has 2 aliphatic rings. The van der Waals surface area contributed by atoms with Gasteiger partial charge >= 0.3 is 0 Å². The maximum Gasteiger partial charge on any atom is 0.265 e. The maximum atomic E-state index is 12.6. The van der Waals surface area contributed by atoms with Crippen LogP contribution >= 0.6 is 0 Å². The van der Waals surface area contributed by atoms with Gasteiger partial charge in [0, 0.05) is 19.5 Å². The van der Waals surface area contributed by atoms with Crippen molar-refractivity contribution in [2.24, 2.45) is 0 Å². The van der Waals surface area contributed by atoms with Crippen LogP contribution in [0.5, 0.6) is 5.75 Å². The van der Waals surface area contributed by atoms with Crippen molar-refractivity contribution in [1.29, 1.82) is 0 Å². The van der Waals surface area contributed by atoms with Crippen LogP contribution in [0.4, 0.5) is 11.4 Å². The Labute approximate surface area is 141 Å². The van der Waals surface area contributed by atoms with E-state index in [-0.39, 0.29) is 5.91 Å². The molecule has 1 fully saturated rings. The summed E-state index contributed by atoms with van der Waals surface area (Å²) in [6, 6.07) is 15.7. The molecule has 4 rings (SSSR count). The molecule has 1 N–H and O–H groups in total. The Morgan fingerprint density at radius 3 is 2.62 bits per heavy atom. The number of ether oxygens (including phenoxy) is 2. The molecule has 0 aromatic heterocycles. The molecule has 24 heavy (non-hydrogen) atoms. The van der Waals surface area contributed by atoms with E-state index in [1.165, 1.54) is 0 Å². The minimum atomic E-state index is -0.472. The van der Waals surface area contributed by atoms with Crippen LogP contribution in [0.1, 0.15) is 5.56 Å². The van der Waals surface area contributed by atoms with Crippen molar-refractivity contribution >= 4 is 17.3 Å². The number of nitrogens with one attached hydrogen (secondary N) is 1. The molecule has 5 heteroatoms. The van der Waals surface area contributed by atoms with Crippen LogP contribution in [0.2, 0.25) is 0 Å². The average molecular weight is 324 g/mol. The average Bonchev–Trinajstić information content (AvgIpc) is 3.07. The monoisotopic (exact) mass is 324 g/mol. The fourth-order valence-electron chi connectivity index (χ4n) is 3.20. The lowest BCUT2D eigenvalue weighted by Gasteiger charge is -2.30. The molecule has 1 amide bonds. The highest BCUT2D eigenvalue weighted by molar-refractivity contribution is 5.98. The summed E-state index contributed by atoms with van der Waals surface area (Å²) in [5, 5.41) is 3.04. The number of nitrogens with zero attached hydrogens (tertiary/aromatic N) is 1. The van der Waals surface area contributed by atoms with Gasteiger partial charge in [-0.05, 0) is 23.8 Å². The Morgan fingerprint density at radius 1 is 1.04 bits per heavy atom. The third-order valence-electron chi connectivity index (χ3n) is 4.45. The molecular weight excluding hydrogens is 304 g/mol. The number of carbonyl (C=O) groups is 1. The van der Waals surface area contributed by atoms with Gasteiger partial charge in [0.05, 0.1) is 24.6 Å². The summed E-state index contributed by atoms with van der Waals surface area (Å²) in [7, 11) is 0. The quantitative estimate of drug-likeness (QED) is 0.942. The Morgan fingerprint density at radius 2 is 1.79 bits per heavy atom. The number of hydrogen-bond donors (Lipinski definition) is 1. The Balaban J connectivity index is 1.49. The van der Waals surface area contributed by atoms with Gasteiger partial charge in [-0.3, -0.25) is 4.79 Å². The number of anilines is 2. The fraction of sp³-hybridized carbons (Fsp3) is 0.316. The normalized spacial score (nSPS) is 19.5. The molecule has 0 unspecified atom stereocenters. The van der Waals surface area contributed by atoms with E-state index in [1.807, 2.05) is 48.5 Å². The van der Waals surface area contributed by atoms with Gasteiger partial charge in [-0.1, -0.05) is 30.3 Å². The van der Waals surface area contributed by atoms with E-state index in [1.54, 1.807) is 0 Å². The van der Waals surface area contributed by atoms with Crippen LogP contribution in [0.15, 0.2) is 48.5 Å². The molecule has 0 spiro atoms. The predicted molar refractivity (Wildman–Crippen MR) is 92.7 cm³/mol. The van der Waals surface area contributed by atoms with Gasteiger partial charge < -0.3 is 19.7 Å². The van der Waals surface area contributed by atoms with Crippen molar-refractivity contribution in [1.82, 2.24) is 0 Å². The number of carbonyl (C=O) groups excluding carboxylic acids is 1. The summed E-state index contributed by atoms with van der Waals surface area (Å²) in [5.74, 6) is 0.700. The maximum absolute atomic E-state index is 12.6. The second-order valence-electron chi connectivity index (χ2n) is 6.02. The fourth-order valence-corrected chi connectivity index (χ4v) is 3.20. The zero-order chi connectivity index (χ0) is 16.4. The number of benzene rings is 2. The van der Waals surface area contributed by atoms with Gasteiger partial charge in [-0.15, -0.1) is 0 Å². The second-order valence-corrected chi connectivity index (χ2v) is 6.02. The van der Waals surface area contributed by atoms with E-state index in [0.717, 1.165) is 35.8 Å². The first-order valence-electron chi connectivity index (χ1n) is 8.28. The van der Waals surface area contributed by atoms with E-state index in [0.29, 0.717) is 19.6 Å². The number of hydrogen-bond acceptors (Lipinski definition) is 4. The van der Waals surface area contributed by atoms with E-state index >= 15 is 0 Å². The lowest BCUT2D eigenvalue weighted by molar-refractivity contribution is -0.122. The lowest BCUT2D eigenvalue weighted by atomic mass is 10.1. The first kappa shape index (κ1) is 15.0. The summed E-state index contributed by atoms with van der Waals surface area (Å²) in [5.41, 5.74) is 2.94. The minimum absolute atomic E-state index is 0.105. The number of amides is 1. The first-order chi connectivity index (χ1) is 11.8. The van der Waals surface area contributed by atoms with Crippen LogP contribution in [0.25, 0.3) is 0 Å². The van der Waals surface area contributed by atoms with Gasteiger partial charge in [-0.25, -0.2) is 0 Å². The molecule has 2 aromatic rings. The van der Waals surface area contributed by atoms with Gasteiger partial charge in [0.25, 0.3) is 5.91 Å². The van der Waals surface area contributed by atoms with Crippen molar-refractivity contribution in [3.63, 3.8) is 0 Å². The van der Waals surface area contributed by atoms with Crippen molar-refractivity contribution in [2.45, 2.75) is 12.5 Å². The summed E-state index contributed by atoms with van der Waals surface area (Å²) < 4.78 is 11.2. The van der Waals surface area contributed by atoms with Gasteiger partial charge in [0.15, 0.2) is 6.10 Å². The van der Waals surface area contributed by atoms with Crippen molar-refractivity contribution in [3.05, 3.63) is 54.1 Å². The summed E-state index contributed by atoms with van der Waals surface area (Å²) >= 11 is 0. The standard InChI is InChI=1S/C19H20N2O3/c22-19(18-13-14-5-1-4-8-17(14)24-18)20-15-6-2-3-7-16(15)21-9-11-23-12-10-21/h1-8,18H,9-13H2,(H,20,22)/t18-/m1/s1. The van der Waals surface area contributed by atoms with Crippen LogP contribution in [0, 0.1) is 0 Å². The van der Waals surface area contributed by atoms with Crippen molar-refractivity contribution in [2.75, 3.05) is 36.5 Å². The third kappa shape index (κ3) is 2.95. The highest BCUT2D eigenvalue weighted by Crippen LogP contribution is 2.30. The molecule has 0 aliphatic carbocycles. The Kier molecular flexibility index (Phi) is 4.09. The van der Waals surface area contributed by atoms with Crippen LogP contribution < -0.4 is 15.0 Å². The summed E-state index contributed by atoms with van der Waals surface area (Å²) in [4.78, 5) is 14.9. The minimum Gasteiger partial charge on any atom is -0.480 e. The summed E-state index contributed by atoms with van der Waals surface area (Å²) in [6.07, 6.45) is 0.141. The van der Waals surface area contributed by atoms with Crippen LogP contribution in [0.3, 0.4) is 0 Å².